The largest absolute Gasteiger partial charge is 0.379 e. The smallest absolute Gasteiger partial charge is 0.191 e. The SMILES string of the molecule is Fc1ccc(-c2nnc(SCc3ccc(F)cc3Cl)n2CCN2CCOCC2)cc1. The Morgan fingerprint density at radius 1 is 0.967 bits per heavy atom. The fourth-order valence-electron chi connectivity index (χ4n) is 3.26. The molecular formula is C21H21ClF2N4OS. The standard InChI is InChI=1S/C21H21ClF2N4OS/c22-19-13-18(24)6-3-16(19)14-30-21-26-25-20(15-1-4-17(23)5-2-15)28(21)8-7-27-9-11-29-12-10-27/h1-6,13H,7-12,14H2. The van der Waals surface area contributed by atoms with Crippen LogP contribution in [0.5, 0.6) is 0 Å². The van der Waals surface area contributed by atoms with Crippen molar-refractivity contribution in [2.45, 2.75) is 17.5 Å². The Morgan fingerprint density at radius 3 is 2.43 bits per heavy atom. The van der Waals surface area contributed by atoms with Crippen LogP contribution in [0, 0.1) is 11.6 Å². The quantitative estimate of drug-likeness (QED) is 0.496. The second kappa shape index (κ2) is 9.87. The van der Waals surface area contributed by atoms with Gasteiger partial charge >= 0.3 is 0 Å². The van der Waals surface area contributed by atoms with E-state index < -0.39 is 0 Å². The lowest BCUT2D eigenvalue weighted by Gasteiger charge is -2.27. The van der Waals surface area contributed by atoms with Crippen LogP contribution in [0.15, 0.2) is 47.6 Å². The molecule has 0 amide bonds. The molecule has 5 nitrogen and oxygen atoms in total. The van der Waals surface area contributed by atoms with Gasteiger partial charge in [-0.05, 0) is 42.0 Å². The number of hydrogen-bond acceptors (Lipinski definition) is 5. The summed E-state index contributed by atoms with van der Waals surface area (Å²) >= 11 is 7.65. The van der Waals surface area contributed by atoms with Gasteiger partial charge in [0, 0.05) is 42.5 Å². The van der Waals surface area contributed by atoms with E-state index in [1.165, 1.54) is 36.0 Å². The maximum absolute atomic E-state index is 13.4. The summed E-state index contributed by atoms with van der Waals surface area (Å²) in [5, 5.41) is 9.85. The first-order valence-electron chi connectivity index (χ1n) is 9.66. The molecule has 0 aliphatic carbocycles. The molecule has 1 fully saturated rings. The first-order valence-corrected chi connectivity index (χ1v) is 11.0. The molecule has 4 rings (SSSR count). The average Bonchev–Trinajstić information content (AvgIpc) is 3.15. The molecule has 158 valence electrons. The van der Waals surface area contributed by atoms with E-state index in [0.29, 0.717) is 23.1 Å². The Balaban J connectivity index is 1.55. The number of halogens is 3. The predicted octanol–water partition coefficient (Wildman–Crippen LogP) is 4.50. The normalized spacial score (nSPS) is 14.9. The molecule has 30 heavy (non-hydrogen) atoms. The molecule has 2 heterocycles. The molecule has 1 aliphatic rings. The fourth-order valence-corrected chi connectivity index (χ4v) is 4.54. The first-order chi connectivity index (χ1) is 14.6. The second-order valence-corrected chi connectivity index (χ2v) is 8.29. The van der Waals surface area contributed by atoms with E-state index in [1.54, 1.807) is 18.2 Å². The highest BCUT2D eigenvalue weighted by Gasteiger charge is 2.17. The molecule has 2 aromatic carbocycles. The Labute approximate surface area is 183 Å². The molecule has 0 saturated carbocycles. The molecule has 0 spiro atoms. The van der Waals surface area contributed by atoms with Gasteiger partial charge in [-0.1, -0.05) is 29.4 Å². The number of aromatic nitrogens is 3. The van der Waals surface area contributed by atoms with Gasteiger partial charge in [0.1, 0.15) is 11.6 Å². The molecule has 0 atom stereocenters. The minimum atomic E-state index is -0.360. The van der Waals surface area contributed by atoms with Crippen LogP contribution in [-0.4, -0.2) is 52.5 Å². The van der Waals surface area contributed by atoms with Crippen molar-refractivity contribution >= 4 is 23.4 Å². The molecule has 0 unspecified atom stereocenters. The zero-order valence-electron chi connectivity index (χ0n) is 16.2. The number of nitrogens with zero attached hydrogens (tertiary/aromatic N) is 4. The summed E-state index contributed by atoms with van der Waals surface area (Å²) < 4.78 is 34.1. The Morgan fingerprint density at radius 2 is 1.70 bits per heavy atom. The van der Waals surface area contributed by atoms with E-state index in [0.717, 1.165) is 49.1 Å². The monoisotopic (exact) mass is 450 g/mol. The highest BCUT2D eigenvalue weighted by molar-refractivity contribution is 7.98. The number of morpholine rings is 1. The molecule has 1 aromatic heterocycles. The van der Waals surface area contributed by atoms with Gasteiger partial charge in [0.05, 0.1) is 13.2 Å². The summed E-state index contributed by atoms with van der Waals surface area (Å²) in [6.45, 7) is 4.78. The van der Waals surface area contributed by atoms with Crippen LogP contribution in [-0.2, 0) is 17.0 Å². The van der Waals surface area contributed by atoms with Gasteiger partial charge in [0.15, 0.2) is 11.0 Å². The predicted molar refractivity (Wildman–Crippen MR) is 114 cm³/mol. The lowest BCUT2D eigenvalue weighted by atomic mass is 10.2. The maximum atomic E-state index is 13.4. The van der Waals surface area contributed by atoms with Crippen molar-refractivity contribution in [1.82, 2.24) is 19.7 Å². The van der Waals surface area contributed by atoms with Gasteiger partial charge in [-0.3, -0.25) is 4.90 Å². The summed E-state index contributed by atoms with van der Waals surface area (Å²) in [5.41, 5.74) is 1.63. The van der Waals surface area contributed by atoms with Crippen molar-refractivity contribution in [1.29, 1.82) is 0 Å². The fraction of sp³-hybridized carbons (Fsp3) is 0.333. The van der Waals surface area contributed by atoms with E-state index in [-0.39, 0.29) is 11.6 Å². The Bertz CT molecular complexity index is 993. The van der Waals surface area contributed by atoms with Crippen molar-refractivity contribution in [2.24, 2.45) is 0 Å². The molecule has 0 N–H and O–H groups in total. The van der Waals surface area contributed by atoms with Crippen molar-refractivity contribution in [3.63, 3.8) is 0 Å². The second-order valence-electron chi connectivity index (χ2n) is 6.94. The minimum Gasteiger partial charge on any atom is -0.379 e. The lowest BCUT2D eigenvalue weighted by molar-refractivity contribution is 0.0361. The number of ether oxygens (including phenoxy) is 1. The molecule has 1 aliphatic heterocycles. The van der Waals surface area contributed by atoms with E-state index in [1.807, 2.05) is 4.57 Å². The maximum Gasteiger partial charge on any atom is 0.191 e. The van der Waals surface area contributed by atoms with E-state index in [2.05, 4.69) is 15.1 Å². The van der Waals surface area contributed by atoms with Crippen LogP contribution in [0.25, 0.3) is 11.4 Å². The third kappa shape index (κ3) is 5.18. The summed E-state index contributed by atoms with van der Waals surface area (Å²) in [5.74, 6) is 0.578. The van der Waals surface area contributed by atoms with E-state index in [4.69, 9.17) is 16.3 Å². The van der Waals surface area contributed by atoms with Gasteiger partial charge in [0.25, 0.3) is 0 Å². The van der Waals surface area contributed by atoms with Gasteiger partial charge in [-0.25, -0.2) is 8.78 Å². The van der Waals surface area contributed by atoms with Gasteiger partial charge in [0.2, 0.25) is 0 Å². The van der Waals surface area contributed by atoms with Crippen molar-refractivity contribution < 1.29 is 13.5 Å². The topological polar surface area (TPSA) is 43.2 Å². The van der Waals surface area contributed by atoms with Crippen molar-refractivity contribution in [2.75, 3.05) is 32.8 Å². The van der Waals surface area contributed by atoms with Crippen LogP contribution >= 0.6 is 23.4 Å². The highest BCUT2D eigenvalue weighted by atomic mass is 35.5. The number of benzene rings is 2. The number of thioether (sulfide) groups is 1. The van der Waals surface area contributed by atoms with Crippen molar-refractivity contribution in [3.05, 3.63) is 64.7 Å². The summed E-state index contributed by atoms with van der Waals surface area (Å²) in [7, 11) is 0. The third-order valence-electron chi connectivity index (χ3n) is 4.93. The highest BCUT2D eigenvalue weighted by Crippen LogP contribution is 2.29. The average molecular weight is 451 g/mol. The Hall–Kier alpha value is -2.00. The summed E-state index contributed by atoms with van der Waals surface area (Å²) in [4.78, 5) is 2.34. The zero-order valence-corrected chi connectivity index (χ0v) is 17.8. The molecule has 3 aromatic rings. The van der Waals surface area contributed by atoms with Crippen LogP contribution in [0.4, 0.5) is 8.78 Å². The molecule has 1 saturated heterocycles. The van der Waals surface area contributed by atoms with E-state index >= 15 is 0 Å². The summed E-state index contributed by atoms with van der Waals surface area (Å²) in [6, 6.07) is 10.6. The van der Waals surface area contributed by atoms with Gasteiger partial charge < -0.3 is 9.30 Å². The first kappa shape index (κ1) is 21.2. The minimum absolute atomic E-state index is 0.293. The molecule has 9 heteroatoms. The number of hydrogen-bond donors (Lipinski definition) is 0. The van der Waals surface area contributed by atoms with Gasteiger partial charge in [-0.2, -0.15) is 0 Å². The molecule has 0 bridgehead atoms. The lowest BCUT2D eigenvalue weighted by Crippen LogP contribution is -2.38. The molecular weight excluding hydrogens is 430 g/mol. The van der Waals surface area contributed by atoms with Crippen molar-refractivity contribution in [3.8, 4) is 11.4 Å². The third-order valence-corrected chi connectivity index (χ3v) is 6.30. The van der Waals surface area contributed by atoms with E-state index in [9.17, 15) is 8.78 Å². The Kier molecular flexibility index (Phi) is 6.99. The molecule has 0 radical (unpaired) electrons. The number of rotatable bonds is 7. The van der Waals surface area contributed by atoms with Crippen LogP contribution in [0.1, 0.15) is 5.56 Å². The van der Waals surface area contributed by atoms with Crippen LogP contribution in [0.2, 0.25) is 5.02 Å². The summed E-state index contributed by atoms with van der Waals surface area (Å²) in [6.07, 6.45) is 0. The van der Waals surface area contributed by atoms with Crippen LogP contribution < -0.4 is 0 Å². The zero-order chi connectivity index (χ0) is 20.9. The van der Waals surface area contributed by atoms with Crippen LogP contribution in [0.3, 0.4) is 0 Å². The van der Waals surface area contributed by atoms with Gasteiger partial charge in [-0.15, -0.1) is 10.2 Å².